The number of hydrogen-bond donors (Lipinski definition) is 2. The molecule has 2 N–H and O–H groups in total. The van der Waals surface area contributed by atoms with Gasteiger partial charge in [0.25, 0.3) is 0 Å². The first-order valence-electron chi connectivity index (χ1n) is 5.21. The predicted molar refractivity (Wildman–Crippen MR) is 57.4 cm³/mol. The summed E-state index contributed by atoms with van der Waals surface area (Å²) in [5.41, 5.74) is -0.672. The second-order valence-electron chi connectivity index (χ2n) is 4.24. The molecule has 0 bridgehead atoms. The number of nitrogens with zero attached hydrogens (tertiary/aromatic N) is 2. The Morgan fingerprint density at radius 3 is 2.50 bits per heavy atom. The quantitative estimate of drug-likeness (QED) is 0.886. The van der Waals surface area contributed by atoms with Crippen molar-refractivity contribution in [1.29, 1.82) is 0 Å². The highest BCUT2D eigenvalue weighted by atomic mass is 32.1. The van der Waals surface area contributed by atoms with E-state index >= 15 is 0 Å². The minimum Gasteiger partial charge on any atom is -0.481 e. The zero-order valence-electron chi connectivity index (χ0n) is 9.12. The summed E-state index contributed by atoms with van der Waals surface area (Å²) >= 11 is 0.392. The number of aliphatic carboxylic acids is 1. The molecule has 0 unspecified atom stereocenters. The smallest absolute Gasteiger partial charge is 0.445 e. The van der Waals surface area contributed by atoms with Gasteiger partial charge in [0.15, 0.2) is 0 Å². The molecule has 1 fully saturated rings. The number of halogens is 3. The second kappa shape index (κ2) is 4.38. The van der Waals surface area contributed by atoms with Gasteiger partial charge in [-0.05, 0) is 19.3 Å². The zero-order valence-corrected chi connectivity index (χ0v) is 9.94. The van der Waals surface area contributed by atoms with Crippen LogP contribution < -0.4 is 5.32 Å². The first-order valence-corrected chi connectivity index (χ1v) is 6.03. The molecule has 0 aromatic carbocycles. The van der Waals surface area contributed by atoms with Crippen LogP contribution in [0.3, 0.4) is 0 Å². The Hall–Kier alpha value is -1.38. The Labute approximate surface area is 104 Å². The number of carboxylic acid groups (broad SMARTS) is 1. The van der Waals surface area contributed by atoms with Crippen LogP contribution in [0, 0.1) is 0 Å². The first kappa shape index (κ1) is 13.1. The fourth-order valence-corrected chi connectivity index (χ4v) is 2.58. The van der Waals surface area contributed by atoms with Crippen molar-refractivity contribution in [3.05, 3.63) is 5.01 Å². The van der Waals surface area contributed by atoms with E-state index in [2.05, 4.69) is 15.5 Å². The van der Waals surface area contributed by atoms with E-state index in [0.29, 0.717) is 24.2 Å². The Balaban J connectivity index is 2.09. The Bertz CT molecular complexity index is 456. The van der Waals surface area contributed by atoms with Crippen LogP contribution in [0.25, 0.3) is 0 Å². The molecule has 1 saturated carbocycles. The number of anilines is 1. The average Bonchev–Trinajstić information content (AvgIpc) is 2.61. The van der Waals surface area contributed by atoms with Crippen LogP contribution in [-0.2, 0) is 11.0 Å². The molecule has 0 aliphatic heterocycles. The number of rotatable bonds is 4. The maximum Gasteiger partial charge on any atom is 0.445 e. The Morgan fingerprint density at radius 2 is 2.11 bits per heavy atom. The molecule has 0 atom stereocenters. The molecule has 1 heterocycles. The third-order valence-electron chi connectivity index (χ3n) is 2.84. The lowest BCUT2D eigenvalue weighted by Crippen LogP contribution is -2.46. The fraction of sp³-hybridized carbons (Fsp3) is 0.667. The molecular formula is C9H10F3N3O2S. The van der Waals surface area contributed by atoms with E-state index in [0.717, 1.165) is 6.42 Å². The van der Waals surface area contributed by atoms with Crippen molar-refractivity contribution in [2.75, 3.05) is 5.32 Å². The summed E-state index contributed by atoms with van der Waals surface area (Å²) in [4.78, 5) is 10.7. The predicted octanol–water partition coefficient (Wildman–Crippen LogP) is 2.37. The Morgan fingerprint density at radius 1 is 1.44 bits per heavy atom. The maximum atomic E-state index is 12.3. The van der Waals surface area contributed by atoms with Crippen LogP contribution in [0.2, 0.25) is 0 Å². The number of nitrogens with one attached hydrogen (secondary N) is 1. The third-order valence-corrected chi connectivity index (χ3v) is 3.72. The lowest BCUT2D eigenvalue weighted by Gasteiger charge is -2.41. The van der Waals surface area contributed by atoms with E-state index in [1.807, 2.05) is 0 Å². The maximum absolute atomic E-state index is 12.3. The molecule has 2 rings (SSSR count). The van der Waals surface area contributed by atoms with Crippen LogP contribution in [-0.4, -0.2) is 26.8 Å². The van der Waals surface area contributed by atoms with Crippen molar-refractivity contribution >= 4 is 22.4 Å². The highest BCUT2D eigenvalue weighted by Gasteiger charge is 2.41. The lowest BCUT2D eigenvalue weighted by atomic mass is 9.74. The molecule has 1 aliphatic rings. The van der Waals surface area contributed by atoms with Crippen LogP contribution >= 0.6 is 11.3 Å². The van der Waals surface area contributed by atoms with Gasteiger partial charge >= 0.3 is 12.1 Å². The van der Waals surface area contributed by atoms with Gasteiger partial charge in [0.2, 0.25) is 10.1 Å². The fourth-order valence-electron chi connectivity index (χ4n) is 1.85. The average molecular weight is 281 g/mol. The van der Waals surface area contributed by atoms with Crippen molar-refractivity contribution in [3.63, 3.8) is 0 Å². The minimum atomic E-state index is -4.52. The van der Waals surface area contributed by atoms with E-state index < -0.39 is 22.7 Å². The molecule has 100 valence electrons. The van der Waals surface area contributed by atoms with Crippen molar-refractivity contribution in [2.24, 2.45) is 0 Å². The van der Waals surface area contributed by atoms with E-state index in [1.54, 1.807) is 0 Å². The van der Waals surface area contributed by atoms with Gasteiger partial charge < -0.3 is 10.4 Å². The number of alkyl halides is 3. The third kappa shape index (κ3) is 2.71. The number of hydrogen-bond acceptors (Lipinski definition) is 5. The van der Waals surface area contributed by atoms with Crippen LogP contribution in [0.5, 0.6) is 0 Å². The molecule has 0 amide bonds. The standard InChI is InChI=1S/C9H10F3N3O2S/c10-9(11,12)6-14-15-7(18-6)13-8(2-1-3-8)4-5(16)17/h1-4H2,(H,13,15)(H,16,17). The molecule has 0 radical (unpaired) electrons. The molecule has 1 aromatic heterocycles. The highest BCUT2D eigenvalue weighted by molar-refractivity contribution is 7.15. The summed E-state index contributed by atoms with van der Waals surface area (Å²) in [7, 11) is 0. The molecule has 0 saturated heterocycles. The summed E-state index contributed by atoms with van der Waals surface area (Å²) in [6.07, 6.45) is -2.57. The highest BCUT2D eigenvalue weighted by Crippen LogP contribution is 2.40. The molecule has 1 aromatic rings. The number of carboxylic acids is 1. The van der Waals surface area contributed by atoms with Gasteiger partial charge in [-0.1, -0.05) is 11.3 Å². The second-order valence-corrected chi connectivity index (χ2v) is 5.22. The largest absolute Gasteiger partial charge is 0.481 e. The van der Waals surface area contributed by atoms with Crippen molar-refractivity contribution in [3.8, 4) is 0 Å². The molecule has 0 spiro atoms. The van der Waals surface area contributed by atoms with E-state index in [4.69, 9.17) is 5.11 Å². The van der Waals surface area contributed by atoms with Gasteiger partial charge in [0.05, 0.1) is 12.0 Å². The van der Waals surface area contributed by atoms with Crippen molar-refractivity contribution in [2.45, 2.75) is 37.4 Å². The van der Waals surface area contributed by atoms with Gasteiger partial charge in [-0.2, -0.15) is 13.2 Å². The summed E-state index contributed by atoms with van der Waals surface area (Å²) in [6.45, 7) is 0. The molecule has 18 heavy (non-hydrogen) atoms. The summed E-state index contributed by atoms with van der Waals surface area (Å²) in [5, 5.41) is 17.0. The van der Waals surface area contributed by atoms with Crippen molar-refractivity contribution < 1.29 is 23.1 Å². The molecule has 1 aliphatic carbocycles. The monoisotopic (exact) mass is 281 g/mol. The SMILES string of the molecule is O=C(O)CC1(Nc2nnc(C(F)(F)F)s2)CCC1. The Kier molecular flexibility index (Phi) is 3.18. The van der Waals surface area contributed by atoms with Gasteiger partial charge in [-0.25, -0.2) is 0 Å². The van der Waals surface area contributed by atoms with Gasteiger partial charge in [0.1, 0.15) is 0 Å². The number of carbonyl (C=O) groups is 1. The van der Waals surface area contributed by atoms with Gasteiger partial charge in [-0.15, -0.1) is 10.2 Å². The number of aromatic nitrogens is 2. The topological polar surface area (TPSA) is 75.1 Å². The van der Waals surface area contributed by atoms with Gasteiger partial charge in [0, 0.05) is 0 Å². The van der Waals surface area contributed by atoms with Crippen LogP contribution in [0.15, 0.2) is 0 Å². The molecule has 5 nitrogen and oxygen atoms in total. The summed E-state index contributed by atoms with van der Waals surface area (Å²) in [6, 6.07) is 0. The normalized spacial score (nSPS) is 18.2. The lowest BCUT2D eigenvalue weighted by molar-refractivity contribution is -0.139. The molecular weight excluding hydrogens is 271 g/mol. The van der Waals surface area contributed by atoms with E-state index in [1.165, 1.54) is 0 Å². The summed E-state index contributed by atoms with van der Waals surface area (Å²) in [5.74, 6) is -0.984. The zero-order chi connectivity index (χ0) is 13.4. The van der Waals surface area contributed by atoms with Crippen molar-refractivity contribution in [1.82, 2.24) is 10.2 Å². The van der Waals surface area contributed by atoms with Crippen LogP contribution in [0.4, 0.5) is 18.3 Å². The van der Waals surface area contributed by atoms with E-state index in [-0.39, 0.29) is 11.6 Å². The summed E-state index contributed by atoms with van der Waals surface area (Å²) < 4.78 is 37.0. The van der Waals surface area contributed by atoms with E-state index in [9.17, 15) is 18.0 Å². The minimum absolute atomic E-state index is 0.0169. The van der Waals surface area contributed by atoms with Crippen LogP contribution in [0.1, 0.15) is 30.7 Å². The first-order chi connectivity index (χ1) is 8.31. The van der Waals surface area contributed by atoms with Gasteiger partial charge in [-0.3, -0.25) is 4.79 Å². The molecule has 9 heteroatoms.